The number of benzene rings is 1. The van der Waals surface area contributed by atoms with Crippen LogP contribution in [0.25, 0.3) is 10.9 Å². The Bertz CT molecular complexity index is 720. The molecule has 0 saturated carbocycles. The van der Waals surface area contributed by atoms with Crippen LogP contribution in [0.2, 0.25) is 0 Å². The number of hydrogen-bond acceptors (Lipinski definition) is 2. The standard InChI is InChI=1S/C17H20N2O3/c1-11-4-2-5-13-12(10-18-16(11)13)7-8-15(20)19-9-3-6-14(19)17(21)22/h2,4-5,10,14,18H,3,6-9H2,1H3,(H,21,22)/t14-/m1/s1. The Morgan fingerprint density at radius 1 is 1.41 bits per heavy atom. The molecule has 2 heterocycles. The van der Waals surface area contributed by atoms with Gasteiger partial charge in [0.1, 0.15) is 6.04 Å². The summed E-state index contributed by atoms with van der Waals surface area (Å²) in [7, 11) is 0. The molecule has 1 atom stereocenters. The predicted molar refractivity (Wildman–Crippen MR) is 83.7 cm³/mol. The van der Waals surface area contributed by atoms with Crippen LogP contribution in [0.15, 0.2) is 24.4 Å². The molecule has 0 unspecified atom stereocenters. The van der Waals surface area contributed by atoms with Gasteiger partial charge in [-0.15, -0.1) is 0 Å². The van der Waals surface area contributed by atoms with E-state index in [2.05, 4.69) is 24.0 Å². The topological polar surface area (TPSA) is 73.4 Å². The number of carbonyl (C=O) groups excluding carboxylic acids is 1. The van der Waals surface area contributed by atoms with Crippen molar-refractivity contribution in [3.05, 3.63) is 35.5 Å². The first-order valence-electron chi connectivity index (χ1n) is 7.66. The van der Waals surface area contributed by atoms with E-state index in [9.17, 15) is 9.59 Å². The molecule has 5 heteroatoms. The molecule has 5 nitrogen and oxygen atoms in total. The molecule has 0 spiro atoms. The molecular formula is C17H20N2O3. The van der Waals surface area contributed by atoms with Crippen molar-refractivity contribution in [3.63, 3.8) is 0 Å². The predicted octanol–water partition coefficient (Wildman–Crippen LogP) is 2.48. The Morgan fingerprint density at radius 3 is 3.00 bits per heavy atom. The van der Waals surface area contributed by atoms with Gasteiger partial charge in [-0.3, -0.25) is 4.79 Å². The van der Waals surface area contributed by atoms with Gasteiger partial charge in [-0.05, 0) is 37.3 Å². The van der Waals surface area contributed by atoms with Gasteiger partial charge in [0.05, 0.1) is 0 Å². The van der Waals surface area contributed by atoms with E-state index in [-0.39, 0.29) is 5.91 Å². The third kappa shape index (κ3) is 2.58. The number of H-pyrrole nitrogens is 1. The SMILES string of the molecule is Cc1cccc2c(CCC(=O)N3CCC[C@@H]3C(=O)O)c[nH]c12. The maximum Gasteiger partial charge on any atom is 0.326 e. The van der Waals surface area contributed by atoms with Crippen LogP contribution in [0, 0.1) is 6.92 Å². The first kappa shape index (κ1) is 14.6. The lowest BCUT2D eigenvalue weighted by Gasteiger charge is -2.21. The average Bonchev–Trinajstić information content (AvgIpc) is 3.12. The molecule has 0 bridgehead atoms. The van der Waals surface area contributed by atoms with Crippen molar-refractivity contribution in [3.8, 4) is 0 Å². The summed E-state index contributed by atoms with van der Waals surface area (Å²) in [5.74, 6) is -0.958. The lowest BCUT2D eigenvalue weighted by molar-refractivity contribution is -0.148. The minimum atomic E-state index is -0.895. The zero-order valence-corrected chi connectivity index (χ0v) is 12.6. The number of nitrogens with one attached hydrogen (secondary N) is 1. The van der Waals surface area contributed by atoms with Crippen LogP contribution in [0.1, 0.15) is 30.4 Å². The van der Waals surface area contributed by atoms with Gasteiger partial charge >= 0.3 is 5.97 Å². The monoisotopic (exact) mass is 300 g/mol. The number of carbonyl (C=O) groups is 2. The molecule has 116 valence electrons. The van der Waals surface area contributed by atoms with Gasteiger partial charge in [-0.25, -0.2) is 4.79 Å². The third-order valence-electron chi connectivity index (χ3n) is 4.48. The van der Waals surface area contributed by atoms with Gasteiger partial charge < -0.3 is 15.0 Å². The van der Waals surface area contributed by atoms with Crippen molar-refractivity contribution in [2.45, 2.75) is 38.6 Å². The van der Waals surface area contributed by atoms with Crippen LogP contribution >= 0.6 is 0 Å². The Morgan fingerprint density at radius 2 is 2.23 bits per heavy atom. The van der Waals surface area contributed by atoms with Gasteiger partial charge in [-0.1, -0.05) is 18.2 Å². The van der Waals surface area contributed by atoms with Crippen molar-refractivity contribution >= 4 is 22.8 Å². The van der Waals surface area contributed by atoms with E-state index in [1.165, 1.54) is 10.5 Å². The summed E-state index contributed by atoms with van der Waals surface area (Å²) in [6.45, 7) is 2.61. The summed E-state index contributed by atoms with van der Waals surface area (Å²) in [6, 6.07) is 5.47. The summed E-state index contributed by atoms with van der Waals surface area (Å²) in [6.07, 6.45) is 4.27. The average molecular weight is 300 g/mol. The molecule has 22 heavy (non-hydrogen) atoms. The van der Waals surface area contributed by atoms with Crippen molar-refractivity contribution in [2.75, 3.05) is 6.54 Å². The highest BCUT2D eigenvalue weighted by Crippen LogP contribution is 2.24. The number of aryl methyl sites for hydroxylation is 2. The molecule has 2 N–H and O–H groups in total. The largest absolute Gasteiger partial charge is 0.480 e. The Labute approximate surface area is 128 Å². The van der Waals surface area contributed by atoms with Crippen LogP contribution in [0.3, 0.4) is 0 Å². The summed E-state index contributed by atoms with van der Waals surface area (Å²) >= 11 is 0. The lowest BCUT2D eigenvalue weighted by Crippen LogP contribution is -2.40. The van der Waals surface area contributed by atoms with Gasteiger partial charge in [0.25, 0.3) is 0 Å². The van der Waals surface area contributed by atoms with E-state index in [1.54, 1.807) is 0 Å². The van der Waals surface area contributed by atoms with Crippen molar-refractivity contribution < 1.29 is 14.7 Å². The molecule has 0 aliphatic carbocycles. The number of para-hydroxylation sites is 1. The fourth-order valence-corrected chi connectivity index (χ4v) is 3.28. The molecule has 2 aromatic rings. The molecule has 1 saturated heterocycles. The zero-order chi connectivity index (χ0) is 15.7. The number of nitrogens with zero attached hydrogens (tertiary/aromatic N) is 1. The minimum absolute atomic E-state index is 0.0631. The molecule has 1 aromatic heterocycles. The highest BCUT2D eigenvalue weighted by Gasteiger charge is 2.33. The Balaban J connectivity index is 1.70. The van der Waals surface area contributed by atoms with E-state index in [0.717, 1.165) is 22.9 Å². The first-order chi connectivity index (χ1) is 10.6. The number of aromatic amines is 1. The second-order valence-electron chi connectivity index (χ2n) is 5.89. The summed E-state index contributed by atoms with van der Waals surface area (Å²) in [4.78, 5) is 28.2. The van der Waals surface area contributed by atoms with Crippen molar-refractivity contribution in [1.82, 2.24) is 9.88 Å². The van der Waals surface area contributed by atoms with E-state index in [4.69, 9.17) is 5.11 Å². The minimum Gasteiger partial charge on any atom is -0.480 e. The van der Waals surface area contributed by atoms with Crippen LogP contribution in [0.5, 0.6) is 0 Å². The fourth-order valence-electron chi connectivity index (χ4n) is 3.28. The molecule has 1 aromatic carbocycles. The number of aliphatic carboxylic acids is 1. The van der Waals surface area contributed by atoms with Gasteiger partial charge in [0, 0.05) is 30.1 Å². The van der Waals surface area contributed by atoms with E-state index in [0.29, 0.717) is 25.8 Å². The van der Waals surface area contributed by atoms with Crippen LogP contribution in [-0.2, 0) is 16.0 Å². The third-order valence-corrected chi connectivity index (χ3v) is 4.48. The first-order valence-corrected chi connectivity index (χ1v) is 7.66. The second-order valence-corrected chi connectivity index (χ2v) is 5.89. The van der Waals surface area contributed by atoms with E-state index >= 15 is 0 Å². The number of carboxylic acid groups (broad SMARTS) is 1. The molecular weight excluding hydrogens is 280 g/mol. The van der Waals surface area contributed by atoms with E-state index in [1.807, 2.05) is 12.3 Å². The summed E-state index contributed by atoms with van der Waals surface area (Å²) < 4.78 is 0. The number of likely N-dealkylation sites (tertiary alicyclic amines) is 1. The number of amides is 1. The van der Waals surface area contributed by atoms with Gasteiger partial charge in [0.2, 0.25) is 5.91 Å². The molecule has 1 aliphatic rings. The Kier molecular flexibility index (Phi) is 3.88. The maximum atomic E-state index is 12.3. The lowest BCUT2D eigenvalue weighted by atomic mass is 10.1. The second kappa shape index (κ2) is 5.83. The quantitative estimate of drug-likeness (QED) is 0.911. The molecule has 1 fully saturated rings. The highest BCUT2D eigenvalue weighted by atomic mass is 16.4. The number of carboxylic acids is 1. The van der Waals surface area contributed by atoms with Crippen LogP contribution in [-0.4, -0.2) is 39.5 Å². The maximum absolute atomic E-state index is 12.3. The van der Waals surface area contributed by atoms with Gasteiger partial charge in [-0.2, -0.15) is 0 Å². The molecule has 1 aliphatic heterocycles. The molecule has 1 amide bonds. The summed E-state index contributed by atoms with van der Waals surface area (Å²) in [5.41, 5.74) is 3.40. The highest BCUT2D eigenvalue weighted by molar-refractivity contribution is 5.87. The number of aromatic nitrogens is 1. The van der Waals surface area contributed by atoms with Crippen molar-refractivity contribution in [2.24, 2.45) is 0 Å². The van der Waals surface area contributed by atoms with E-state index < -0.39 is 12.0 Å². The smallest absolute Gasteiger partial charge is 0.326 e. The van der Waals surface area contributed by atoms with Crippen molar-refractivity contribution in [1.29, 1.82) is 0 Å². The van der Waals surface area contributed by atoms with Gasteiger partial charge in [0.15, 0.2) is 0 Å². The zero-order valence-electron chi connectivity index (χ0n) is 12.6. The molecule has 3 rings (SSSR count). The van der Waals surface area contributed by atoms with Crippen LogP contribution < -0.4 is 0 Å². The molecule has 0 radical (unpaired) electrons. The number of fused-ring (bicyclic) bond motifs is 1. The number of rotatable bonds is 4. The number of hydrogen-bond donors (Lipinski definition) is 2. The Hall–Kier alpha value is -2.30. The normalized spacial score (nSPS) is 18.0. The summed E-state index contributed by atoms with van der Waals surface area (Å²) in [5, 5.41) is 10.3. The fraction of sp³-hybridized carbons (Fsp3) is 0.412. The van der Waals surface area contributed by atoms with Crippen LogP contribution in [0.4, 0.5) is 0 Å².